The average Bonchev–Trinajstić information content (AvgIpc) is 2.33. The Hall–Kier alpha value is -0.0800. The molecule has 1 N–H and O–H groups in total. The molecule has 0 aromatic heterocycles. The van der Waals surface area contributed by atoms with Crippen LogP contribution < -0.4 is 5.32 Å². The maximum Gasteiger partial charge on any atom is 0.0489 e. The molecule has 114 valence electrons. The molecule has 0 heterocycles. The molecule has 0 aromatic carbocycles. The molecule has 0 aromatic rings. The standard InChI is InChI=1S/C17H35NO/c1-13(2)12-19-10-6-9-18-17-11-15(5)7-8-16(17)14(3)4/h13-18H,6-12H2,1-5H3. The van der Waals surface area contributed by atoms with Crippen LogP contribution in [0, 0.1) is 23.7 Å². The number of nitrogens with one attached hydrogen (secondary N) is 1. The molecular formula is C17H35NO. The van der Waals surface area contributed by atoms with Crippen molar-refractivity contribution < 1.29 is 4.74 Å². The molecule has 1 aliphatic carbocycles. The molecule has 0 spiro atoms. The van der Waals surface area contributed by atoms with Gasteiger partial charge in [-0.25, -0.2) is 0 Å². The highest BCUT2D eigenvalue weighted by molar-refractivity contribution is 4.85. The van der Waals surface area contributed by atoms with Crippen molar-refractivity contribution in [2.24, 2.45) is 23.7 Å². The summed E-state index contributed by atoms with van der Waals surface area (Å²) >= 11 is 0. The van der Waals surface area contributed by atoms with E-state index in [-0.39, 0.29) is 0 Å². The first-order chi connectivity index (χ1) is 9.00. The lowest BCUT2D eigenvalue weighted by Crippen LogP contribution is -2.43. The summed E-state index contributed by atoms with van der Waals surface area (Å²) in [5.41, 5.74) is 0. The fourth-order valence-corrected chi connectivity index (χ4v) is 3.22. The van der Waals surface area contributed by atoms with Crippen LogP contribution in [0.2, 0.25) is 0 Å². The van der Waals surface area contributed by atoms with Gasteiger partial charge in [-0.1, -0.05) is 41.0 Å². The van der Waals surface area contributed by atoms with Crippen molar-refractivity contribution in [1.29, 1.82) is 0 Å². The summed E-state index contributed by atoms with van der Waals surface area (Å²) < 4.78 is 5.64. The Balaban J connectivity index is 2.17. The quantitative estimate of drug-likeness (QED) is 0.670. The van der Waals surface area contributed by atoms with Gasteiger partial charge in [0.25, 0.3) is 0 Å². The fourth-order valence-electron chi connectivity index (χ4n) is 3.22. The lowest BCUT2D eigenvalue weighted by molar-refractivity contribution is 0.104. The SMILES string of the molecule is CC(C)COCCCNC1CC(C)CCC1C(C)C. The Kier molecular flexibility index (Phi) is 8.01. The van der Waals surface area contributed by atoms with Gasteiger partial charge in [-0.15, -0.1) is 0 Å². The van der Waals surface area contributed by atoms with Crippen LogP contribution in [0.25, 0.3) is 0 Å². The van der Waals surface area contributed by atoms with Gasteiger partial charge >= 0.3 is 0 Å². The molecule has 2 nitrogen and oxygen atoms in total. The summed E-state index contributed by atoms with van der Waals surface area (Å²) in [6, 6.07) is 0.730. The topological polar surface area (TPSA) is 21.3 Å². The van der Waals surface area contributed by atoms with Crippen LogP contribution in [-0.4, -0.2) is 25.8 Å². The van der Waals surface area contributed by atoms with E-state index in [0.29, 0.717) is 5.92 Å². The zero-order valence-electron chi connectivity index (χ0n) is 13.7. The number of hydrogen-bond acceptors (Lipinski definition) is 2. The first-order valence-electron chi connectivity index (χ1n) is 8.31. The molecule has 3 atom stereocenters. The van der Waals surface area contributed by atoms with Crippen LogP contribution in [0.3, 0.4) is 0 Å². The fraction of sp³-hybridized carbons (Fsp3) is 1.00. The third-order valence-corrected chi connectivity index (χ3v) is 4.35. The minimum Gasteiger partial charge on any atom is -0.381 e. The van der Waals surface area contributed by atoms with Gasteiger partial charge in [-0.2, -0.15) is 0 Å². The highest BCUT2D eigenvalue weighted by atomic mass is 16.5. The molecule has 0 saturated heterocycles. The summed E-state index contributed by atoms with van der Waals surface area (Å²) in [5, 5.41) is 3.79. The lowest BCUT2D eigenvalue weighted by Gasteiger charge is -2.38. The van der Waals surface area contributed by atoms with E-state index in [2.05, 4.69) is 39.9 Å². The van der Waals surface area contributed by atoms with Crippen LogP contribution in [0.4, 0.5) is 0 Å². The van der Waals surface area contributed by atoms with E-state index in [9.17, 15) is 0 Å². The Labute approximate surface area is 120 Å². The van der Waals surface area contributed by atoms with Gasteiger partial charge in [0.15, 0.2) is 0 Å². The van der Waals surface area contributed by atoms with Gasteiger partial charge in [0.1, 0.15) is 0 Å². The van der Waals surface area contributed by atoms with Crippen molar-refractivity contribution in [2.75, 3.05) is 19.8 Å². The summed E-state index contributed by atoms with van der Waals surface area (Å²) in [5.74, 6) is 3.22. The second kappa shape index (κ2) is 8.97. The van der Waals surface area contributed by atoms with Gasteiger partial charge in [-0.3, -0.25) is 0 Å². The largest absolute Gasteiger partial charge is 0.381 e. The van der Waals surface area contributed by atoms with Crippen molar-refractivity contribution in [3.05, 3.63) is 0 Å². The molecule has 1 aliphatic rings. The summed E-state index contributed by atoms with van der Waals surface area (Å²) in [7, 11) is 0. The zero-order valence-corrected chi connectivity index (χ0v) is 13.7. The van der Waals surface area contributed by atoms with Crippen molar-refractivity contribution in [3.8, 4) is 0 Å². The van der Waals surface area contributed by atoms with Gasteiger partial charge in [0.2, 0.25) is 0 Å². The third-order valence-electron chi connectivity index (χ3n) is 4.35. The normalized spacial score (nSPS) is 28.3. The lowest BCUT2D eigenvalue weighted by atomic mass is 9.74. The second-order valence-electron chi connectivity index (χ2n) is 7.21. The Morgan fingerprint density at radius 2 is 1.89 bits per heavy atom. The Bertz CT molecular complexity index is 227. The summed E-state index contributed by atoms with van der Waals surface area (Å²) in [6.07, 6.45) is 5.32. The van der Waals surface area contributed by atoms with Crippen LogP contribution in [-0.2, 0) is 4.74 Å². The predicted octanol–water partition coefficient (Wildman–Crippen LogP) is 4.10. The zero-order chi connectivity index (χ0) is 14.3. The predicted molar refractivity (Wildman–Crippen MR) is 83.4 cm³/mol. The van der Waals surface area contributed by atoms with Crippen LogP contribution in [0.15, 0.2) is 0 Å². The maximum atomic E-state index is 5.64. The van der Waals surface area contributed by atoms with Gasteiger partial charge in [0, 0.05) is 19.3 Å². The van der Waals surface area contributed by atoms with Crippen molar-refractivity contribution in [2.45, 2.75) is 66.3 Å². The molecule has 2 heteroatoms. The van der Waals surface area contributed by atoms with Crippen LogP contribution in [0.1, 0.15) is 60.3 Å². The first kappa shape index (κ1) is 17.0. The first-order valence-corrected chi connectivity index (χ1v) is 8.31. The maximum absolute atomic E-state index is 5.64. The second-order valence-corrected chi connectivity index (χ2v) is 7.21. The summed E-state index contributed by atoms with van der Waals surface area (Å²) in [6.45, 7) is 14.5. The monoisotopic (exact) mass is 269 g/mol. The van der Waals surface area contributed by atoms with E-state index in [0.717, 1.165) is 50.0 Å². The van der Waals surface area contributed by atoms with Crippen LogP contribution in [0.5, 0.6) is 0 Å². The van der Waals surface area contributed by atoms with E-state index >= 15 is 0 Å². The van der Waals surface area contributed by atoms with Gasteiger partial charge in [-0.05, 0) is 49.5 Å². The smallest absolute Gasteiger partial charge is 0.0489 e. The molecule has 1 saturated carbocycles. The minimum atomic E-state index is 0.650. The van der Waals surface area contributed by atoms with Crippen molar-refractivity contribution in [1.82, 2.24) is 5.32 Å². The molecular weight excluding hydrogens is 234 g/mol. The van der Waals surface area contributed by atoms with Crippen molar-refractivity contribution in [3.63, 3.8) is 0 Å². The minimum absolute atomic E-state index is 0.650. The molecule has 0 amide bonds. The average molecular weight is 269 g/mol. The van der Waals surface area contributed by atoms with Gasteiger partial charge < -0.3 is 10.1 Å². The highest BCUT2D eigenvalue weighted by Gasteiger charge is 2.29. The number of hydrogen-bond donors (Lipinski definition) is 1. The summed E-state index contributed by atoms with van der Waals surface area (Å²) in [4.78, 5) is 0. The molecule has 1 fully saturated rings. The van der Waals surface area contributed by atoms with E-state index in [1.165, 1.54) is 19.3 Å². The third kappa shape index (κ3) is 6.76. The van der Waals surface area contributed by atoms with E-state index in [1.54, 1.807) is 0 Å². The number of rotatable bonds is 8. The molecule has 0 bridgehead atoms. The van der Waals surface area contributed by atoms with E-state index in [4.69, 9.17) is 4.74 Å². The molecule has 3 unspecified atom stereocenters. The van der Waals surface area contributed by atoms with Crippen molar-refractivity contribution >= 4 is 0 Å². The van der Waals surface area contributed by atoms with Gasteiger partial charge in [0.05, 0.1) is 0 Å². The Morgan fingerprint density at radius 1 is 1.16 bits per heavy atom. The molecule has 0 radical (unpaired) electrons. The molecule has 1 rings (SSSR count). The van der Waals surface area contributed by atoms with E-state index in [1.807, 2.05) is 0 Å². The highest BCUT2D eigenvalue weighted by Crippen LogP contribution is 2.33. The Morgan fingerprint density at radius 3 is 2.53 bits per heavy atom. The molecule has 0 aliphatic heterocycles. The molecule has 19 heavy (non-hydrogen) atoms. The van der Waals surface area contributed by atoms with E-state index < -0.39 is 0 Å². The van der Waals surface area contributed by atoms with Crippen LogP contribution >= 0.6 is 0 Å². The number of ether oxygens (including phenoxy) is 1.